The fraction of sp³-hybridized carbons (Fsp3) is 0.231. The number of hydrogen-bond acceptors (Lipinski definition) is 3. The van der Waals surface area contributed by atoms with Gasteiger partial charge in [0.1, 0.15) is 0 Å². The maximum Gasteiger partial charge on any atom is 0.185 e. The number of anilines is 1. The minimum Gasteiger partial charge on any atom is -0.378 e. The molecular formula is C13H15N3O. The molecule has 0 unspecified atom stereocenters. The number of nitrogens with zero attached hydrogens (tertiary/aromatic N) is 2. The van der Waals surface area contributed by atoms with Gasteiger partial charge in [0.2, 0.25) is 0 Å². The molecule has 0 saturated carbocycles. The monoisotopic (exact) mass is 229 g/mol. The molecular weight excluding hydrogens is 214 g/mol. The number of benzene rings is 1. The highest BCUT2D eigenvalue weighted by molar-refractivity contribution is 5.98. The van der Waals surface area contributed by atoms with Gasteiger partial charge in [-0.1, -0.05) is 18.2 Å². The van der Waals surface area contributed by atoms with Crippen molar-refractivity contribution < 1.29 is 4.79 Å². The Balaban J connectivity index is 1.93. The molecule has 0 atom stereocenters. The lowest BCUT2D eigenvalue weighted by Gasteiger charge is -2.03. The fourth-order valence-electron chi connectivity index (χ4n) is 1.52. The predicted molar refractivity (Wildman–Crippen MR) is 67.2 cm³/mol. The largest absolute Gasteiger partial charge is 0.378 e. The quantitative estimate of drug-likeness (QED) is 0.799. The molecule has 0 saturated heterocycles. The highest BCUT2D eigenvalue weighted by Gasteiger charge is 2.07. The summed E-state index contributed by atoms with van der Waals surface area (Å²) < 4.78 is 1.75. The molecule has 1 N–H and O–H groups in total. The molecule has 4 heteroatoms. The van der Waals surface area contributed by atoms with Crippen molar-refractivity contribution in [3.05, 3.63) is 48.3 Å². The fourth-order valence-corrected chi connectivity index (χ4v) is 1.52. The summed E-state index contributed by atoms with van der Waals surface area (Å²) in [5.41, 5.74) is 1.60. The highest BCUT2D eigenvalue weighted by Crippen LogP contribution is 2.06. The van der Waals surface area contributed by atoms with Crippen LogP contribution in [-0.2, 0) is 6.54 Å². The van der Waals surface area contributed by atoms with Crippen molar-refractivity contribution >= 4 is 11.5 Å². The van der Waals surface area contributed by atoms with E-state index in [1.807, 2.05) is 37.3 Å². The molecule has 0 amide bonds. The summed E-state index contributed by atoms with van der Waals surface area (Å²) in [6, 6.07) is 9.67. The van der Waals surface area contributed by atoms with Crippen LogP contribution in [-0.4, -0.2) is 22.1 Å². The minimum atomic E-state index is 0.0496. The molecule has 1 aromatic carbocycles. The summed E-state index contributed by atoms with van der Waals surface area (Å²) in [4.78, 5) is 11.8. The number of nitrogens with one attached hydrogen (secondary N) is 1. The molecule has 1 heterocycles. The normalized spacial score (nSPS) is 10.2. The van der Waals surface area contributed by atoms with E-state index in [4.69, 9.17) is 0 Å². The van der Waals surface area contributed by atoms with Crippen molar-refractivity contribution in [3.8, 4) is 0 Å². The number of carbonyl (C=O) groups is 1. The molecule has 2 aromatic rings. The van der Waals surface area contributed by atoms with Crippen molar-refractivity contribution in [2.24, 2.45) is 0 Å². The topological polar surface area (TPSA) is 46.9 Å². The first-order chi connectivity index (χ1) is 8.29. The van der Waals surface area contributed by atoms with Crippen LogP contribution in [0.3, 0.4) is 0 Å². The molecule has 0 aliphatic rings. The van der Waals surface area contributed by atoms with Crippen LogP contribution < -0.4 is 5.32 Å². The lowest BCUT2D eigenvalue weighted by molar-refractivity contribution is 0.101. The Labute approximate surface area is 100 Å². The Kier molecular flexibility index (Phi) is 3.55. The summed E-state index contributed by atoms with van der Waals surface area (Å²) in [5, 5.41) is 7.16. The Morgan fingerprint density at radius 3 is 2.76 bits per heavy atom. The minimum absolute atomic E-state index is 0.0496. The van der Waals surface area contributed by atoms with E-state index in [0.717, 1.165) is 12.2 Å². The summed E-state index contributed by atoms with van der Waals surface area (Å²) in [7, 11) is 0. The first-order valence-electron chi connectivity index (χ1n) is 5.64. The second kappa shape index (κ2) is 5.30. The Morgan fingerprint density at radius 2 is 2.12 bits per heavy atom. The molecule has 0 aliphatic heterocycles. The Morgan fingerprint density at radius 1 is 1.35 bits per heavy atom. The van der Waals surface area contributed by atoms with Crippen LogP contribution >= 0.6 is 0 Å². The van der Waals surface area contributed by atoms with Gasteiger partial charge in [0.05, 0.1) is 18.3 Å². The van der Waals surface area contributed by atoms with Gasteiger partial charge in [0.15, 0.2) is 5.78 Å². The standard InChI is InChI=1S/C13H15N3O/c1-2-16-10-11(8-15-16)13(17)9-14-12-6-4-3-5-7-12/h3-8,10,14H,2,9H2,1H3. The molecule has 1 aromatic heterocycles. The summed E-state index contributed by atoms with van der Waals surface area (Å²) in [6.07, 6.45) is 3.38. The number of carbonyl (C=O) groups excluding carboxylic acids is 1. The third-order valence-electron chi connectivity index (χ3n) is 2.51. The number of para-hydroxylation sites is 1. The zero-order chi connectivity index (χ0) is 12.1. The highest BCUT2D eigenvalue weighted by atomic mass is 16.1. The van der Waals surface area contributed by atoms with Crippen LogP contribution in [0.15, 0.2) is 42.7 Å². The lowest BCUT2D eigenvalue weighted by Crippen LogP contribution is -2.13. The van der Waals surface area contributed by atoms with Crippen LogP contribution in [0.4, 0.5) is 5.69 Å². The zero-order valence-electron chi connectivity index (χ0n) is 9.76. The molecule has 4 nitrogen and oxygen atoms in total. The van der Waals surface area contributed by atoms with Gasteiger partial charge >= 0.3 is 0 Å². The van der Waals surface area contributed by atoms with Crippen LogP contribution in [0, 0.1) is 0 Å². The number of rotatable bonds is 5. The third kappa shape index (κ3) is 2.93. The number of aryl methyl sites for hydroxylation is 1. The first kappa shape index (κ1) is 11.4. The molecule has 0 radical (unpaired) electrons. The van der Waals surface area contributed by atoms with E-state index < -0.39 is 0 Å². The summed E-state index contributed by atoms with van der Waals surface area (Å²) in [5.74, 6) is 0.0496. The number of ketones is 1. The van der Waals surface area contributed by atoms with Gasteiger partial charge in [-0.25, -0.2) is 0 Å². The van der Waals surface area contributed by atoms with E-state index in [1.165, 1.54) is 0 Å². The van der Waals surface area contributed by atoms with Gasteiger partial charge in [-0.05, 0) is 19.1 Å². The van der Waals surface area contributed by atoms with Crippen molar-refractivity contribution in [1.29, 1.82) is 0 Å². The van der Waals surface area contributed by atoms with Gasteiger partial charge in [-0.3, -0.25) is 9.48 Å². The number of hydrogen-bond donors (Lipinski definition) is 1. The van der Waals surface area contributed by atoms with E-state index in [2.05, 4.69) is 10.4 Å². The smallest absolute Gasteiger partial charge is 0.185 e. The summed E-state index contributed by atoms with van der Waals surface area (Å²) in [6.45, 7) is 3.06. The van der Waals surface area contributed by atoms with E-state index in [0.29, 0.717) is 12.1 Å². The summed E-state index contributed by atoms with van der Waals surface area (Å²) >= 11 is 0. The van der Waals surface area contributed by atoms with Gasteiger partial charge < -0.3 is 5.32 Å². The van der Waals surface area contributed by atoms with E-state index in [9.17, 15) is 4.79 Å². The average Bonchev–Trinajstić information content (AvgIpc) is 2.86. The second-order valence-electron chi connectivity index (χ2n) is 3.73. The van der Waals surface area contributed by atoms with Crippen LogP contribution in [0.5, 0.6) is 0 Å². The Hall–Kier alpha value is -2.10. The van der Waals surface area contributed by atoms with E-state index in [-0.39, 0.29) is 5.78 Å². The van der Waals surface area contributed by atoms with E-state index in [1.54, 1.807) is 17.1 Å². The van der Waals surface area contributed by atoms with Gasteiger partial charge in [0.25, 0.3) is 0 Å². The van der Waals surface area contributed by atoms with Crippen LogP contribution in [0.2, 0.25) is 0 Å². The predicted octanol–water partition coefficient (Wildman–Crippen LogP) is 2.20. The third-order valence-corrected chi connectivity index (χ3v) is 2.51. The van der Waals surface area contributed by atoms with Crippen LogP contribution in [0.1, 0.15) is 17.3 Å². The molecule has 0 fully saturated rings. The van der Waals surface area contributed by atoms with Gasteiger partial charge in [-0.15, -0.1) is 0 Å². The number of Topliss-reactive ketones (excluding diaryl/α,β-unsaturated/α-hetero) is 1. The lowest BCUT2D eigenvalue weighted by atomic mass is 10.2. The molecule has 0 spiro atoms. The molecule has 0 aliphatic carbocycles. The van der Waals surface area contributed by atoms with Crippen molar-refractivity contribution in [1.82, 2.24) is 9.78 Å². The molecule has 17 heavy (non-hydrogen) atoms. The van der Waals surface area contributed by atoms with Gasteiger partial charge in [0, 0.05) is 18.4 Å². The zero-order valence-corrected chi connectivity index (χ0v) is 9.76. The SMILES string of the molecule is CCn1cc(C(=O)CNc2ccccc2)cn1. The average molecular weight is 229 g/mol. The maximum absolute atomic E-state index is 11.8. The number of aromatic nitrogens is 2. The molecule has 88 valence electrons. The second-order valence-corrected chi connectivity index (χ2v) is 3.73. The van der Waals surface area contributed by atoms with E-state index >= 15 is 0 Å². The Bertz CT molecular complexity index is 490. The van der Waals surface area contributed by atoms with Crippen molar-refractivity contribution in [3.63, 3.8) is 0 Å². The van der Waals surface area contributed by atoms with Crippen LogP contribution in [0.25, 0.3) is 0 Å². The van der Waals surface area contributed by atoms with Crippen molar-refractivity contribution in [2.45, 2.75) is 13.5 Å². The van der Waals surface area contributed by atoms with Crippen molar-refractivity contribution in [2.75, 3.05) is 11.9 Å². The first-order valence-corrected chi connectivity index (χ1v) is 5.64. The maximum atomic E-state index is 11.8. The van der Waals surface area contributed by atoms with Gasteiger partial charge in [-0.2, -0.15) is 5.10 Å². The molecule has 0 bridgehead atoms. The molecule has 2 rings (SSSR count).